The smallest absolute Gasteiger partial charge is 0.149 e. The Morgan fingerprint density at radius 2 is 1.89 bits per heavy atom. The number of aryl methyl sites for hydroxylation is 1. The highest BCUT2D eigenvalue weighted by Crippen LogP contribution is 2.29. The number of anilines is 1. The standard InChI is InChI=1S/C13H12Cl3N3/c1-7(10-4-3-9(14)5-11(10)15)18-13-12(16)6-17-8(2)19-13/h3-7H,1-2H3,(H,17,18,19). The zero-order chi connectivity index (χ0) is 14.0. The molecule has 0 bridgehead atoms. The highest BCUT2D eigenvalue weighted by Gasteiger charge is 2.12. The van der Waals surface area contributed by atoms with E-state index in [9.17, 15) is 0 Å². The van der Waals surface area contributed by atoms with Gasteiger partial charge in [-0.3, -0.25) is 0 Å². The number of aromatic nitrogens is 2. The number of rotatable bonds is 3. The van der Waals surface area contributed by atoms with Gasteiger partial charge < -0.3 is 5.32 Å². The van der Waals surface area contributed by atoms with E-state index in [-0.39, 0.29) is 6.04 Å². The number of halogens is 3. The maximum Gasteiger partial charge on any atom is 0.149 e. The molecule has 1 aromatic heterocycles. The van der Waals surface area contributed by atoms with Crippen LogP contribution in [0.2, 0.25) is 15.1 Å². The van der Waals surface area contributed by atoms with Crippen molar-refractivity contribution in [3.63, 3.8) is 0 Å². The van der Waals surface area contributed by atoms with Crippen LogP contribution in [-0.2, 0) is 0 Å². The Morgan fingerprint density at radius 3 is 2.58 bits per heavy atom. The number of hydrogen-bond acceptors (Lipinski definition) is 3. The van der Waals surface area contributed by atoms with Crippen LogP contribution in [0.3, 0.4) is 0 Å². The highest BCUT2D eigenvalue weighted by atomic mass is 35.5. The molecule has 0 saturated heterocycles. The van der Waals surface area contributed by atoms with E-state index in [1.54, 1.807) is 25.3 Å². The first kappa shape index (κ1) is 14.4. The molecule has 1 N–H and O–H groups in total. The third-order valence-electron chi connectivity index (χ3n) is 2.65. The lowest BCUT2D eigenvalue weighted by Gasteiger charge is -2.17. The molecule has 100 valence electrons. The fourth-order valence-electron chi connectivity index (χ4n) is 1.69. The quantitative estimate of drug-likeness (QED) is 0.873. The molecule has 0 aliphatic heterocycles. The van der Waals surface area contributed by atoms with Crippen LogP contribution in [0.4, 0.5) is 5.82 Å². The van der Waals surface area contributed by atoms with Crippen LogP contribution in [0, 0.1) is 6.92 Å². The molecule has 1 unspecified atom stereocenters. The summed E-state index contributed by atoms with van der Waals surface area (Å²) in [4.78, 5) is 8.28. The predicted octanol–water partition coefficient (Wildman–Crippen LogP) is 4.92. The molecular weight excluding hydrogens is 305 g/mol. The largest absolute Gasteiger partial charge is 0.362 e. The van der Waals surface area contributed by atoms with Crippen LogP contribution in [-0.4, -0.2) is 9.97 Å². The molecule has 0 fully saturated rings. The monoisotopic (exact) mass is 315 g/mol. The summed E-state index contributed by atoms with van der Waals surface area (Å²) < 4.78 is 0. The minimum Gasteiger partial charge on any atom is -0.362 e. The molecule has 0 saturated carbocycles. The normalized spacial score (nSPS) is 12.3. The predicted molar refractivity (Wildman–Crippen MR) is 80.3 cm³/mol. The van der Waals surface area contributed by atoms with E-state index >= 15 is 0 Å². The van der Waals surface area contributed by atoms with Crippen LogP contribution in [0.15, 0.2) is 24.4 Å². The Hall–Kier alpha value is -1.03. The fraction of sp³-hybridized carbons (Fsp3) is 0.231. The molecule has 0 spiro atoms. The minimum atomic E-state index is -0.0448. The Kier molecular flexibility index (Phi) is 4.50. The van der Waals surface area contributed by atoms with Gasteiger partial charge in [0.1, 0.15) is 16.7 Å². The second-order valence-corrected chi connectivity index (χ2v) is 5.40. The first-order valence-corrected chi connectivity index (χ1v) is 6.81. The lowest BCUT2D eigenvalue weighted by molar-refractivity contribution is 0.867. The van der Waals surface area contributed by atoms with Gasteiger partial charge in [0.25, 0.3) is 0 Å². The van der Waals surface area contributed by atoms with Gasteiger partial charge in [-0.15, -0.1) is 0 Å². The molecule has 2 aromatic rings. The molecule has 6 heteroatoms. The van der Waals surface area contributed by atoms with Gasteiger partial charge in [-0.25, -0.2) is 9.97 Å². The van der Waals surface area contributed by atoms with Crippen LogP contribution >= 0.6 is 34.8 Å². The molecule has 19 heavy (non-hydrogen) atoms. The Labute approximate surface area is 126 Å². The molecule has 0 amide bonds. The topological polar surface area (TPSA) is 37.8 Å². The lowest BCUT2D eigenvalue weighted by Crippen LogP contribution is -2.09. The van der Waals surface area contributed by atoms with Gasteiger partial charge in [-0.05, 0) is 31.5 Å². The SMILES string of the molecule is Cc1ncc(Cl)c(NC(C)c2ccc(Cl)cc2Cl)n1. The summed E-state index contributed by atoms with van der Waals surface area (Å²) in [5, 5.41) is 4.91. The summed E-state index contributed by atoms with van der Waals surface area (Å²) in [7, 11) is 0. The van der Waals surface area contributed by atoms with E-state index in [1.165, 1.54) is 0 Å². The van der Waals surface area contributed by atoms with Crippen LogP contribution in [0.25, 0.3) is 0 Å². The number of benzene rings is 1. The average molecular weight is 317 g/mol. The third-order valence-corrected chi connectivity index (χ3v) is 3.49. The van der Waals surface area contributed by atoms with Gasteiger partial charge in [0.05, 0.1) is 12.2 Å². The number of hydrogen-bond donors (Lipinski definition) is 1. The van der Waals surface area contributed by atoms with Crippen molar-refractivity contribution in [3.05, 3.63) is 50.9 Å². The van der Waals surface area contributed by atoms with Crippen LogP contribution in [0.1, 0.15) is 24.4 Å². The van der Waals surface area contributed by atoms with Gasteiger partial charge in [0.2, 0.25) is 0 Å². The summed E-state index contributed by atoms with van der Waals surface area (Å²) in [5.41, 5.74) is 0.929. The van der Waals surface area contributed by atoms with Gasteiger partial charge in [0.15, 0.2) is 0 Å². The van der Waals surface area contributed by atoms with Gasteiger partial charge in [-0.1, -0.05) is 40.9 Å². The van der Waals surface area contributed by atoms with Crippen molar-refractivity contribution in [2.75, 3.05) is 5.32 Å². The van der Waals surface area contributed by atoms with Crippen LogP contribution in [0.5, 0.6) is 0 Å². The maximum absolute atomic E-state index is 6.17. The zero-order valence-corrected chi connectivity index (χ0v) is 12.7. The minimum absolute atomic E-state index is 0.0448. The third kappa shape index (κ3) is 3.50. The van der Waals surface area contributed by atoms with E-state index < -0.39 is 0 Å². The molecule has 1 aromatic carbocycles. The van der Waals surface area contributed by atoms with Crippen molar-refractivity contribution >= 4 is 40.6 Å². The molecular formula is C13H12Cl3N3. The van der Waals surface area contributed by atoms with E-state index in [0.717, 1.165) is 5.56 Å². The Bertz CT molecular complexity index is 602. The van der Waals surface area contributed by atoms with Crippen molar-refractivity contribution in [2.24, 2.45) is 0 Å². The van der Waals surface area contributed by atoms with Gasteiger partial charge in [0, 0.05) is 10.0 Å². The molecule has 3 nitrogen and oxygen atoms in total. The first-order chi connectivity index (χ1) is 8.97. The van der Waals surface area contributed by atoms with E-state index in [4.69, 9.17) is 34.8 Å². The molecule has 0 radical (unpaired) electrons. The van der Waals surface area contributed by atoms with Crippen molar-refractivity contribution < 1.29 is 0 Å². The molecule has 0 aliphatic rings. The Balaban J connectivity index is 2.25. The molecule has 0 aliphatic carbocycles. The summed E-state index contributed by atoms with van der Waals surface area (Å²) in [5.74, 6) is 1.24. The molecule has 2 rings (SSSR count). The van der Waals surface area contributed by atoms with Gasteiger partial charge >= 0.3 is 0 Å². The first-order valence-electron chi connectivity index (χ1n) is 5.68. The van der Waals surface area contributed by atoms with E-state index in [0.29, 0.717) is 26.7 Å². The van der Waals surface area contributed by atoms with Crippen LogP contribution < -0.4 is 5.32 Å². The number of nitrogens with zero attached hydrogens (tertiary/aromatic N) is 2. The van der Waals surface area contributed by atoms with Crippen molar-refractivity contribution in [1.82, 2.24) is 9.97 Å². The summed E-state index contributed by atoms with van der Waals surface area (Å²) in [6.45, 7) is 3.78. The van der Waals surface area contributed by atoms with E-state index in [2.05, 4.69) is 15.3 Å². The second-order valence-electron chi connectivity index (χ2n) is 4.15. The second kappa shape index (κ2) is 5.95. The zero-order valence-electron chi connectivity index (χ0n) is 10.4. The average Bonchev–Trinajstić information content (AvgIpc) is 2.33. The fourth-order valence-corrected chi connectivity index (χ4v) is 2.41. The van der Waals surface area contributed by atoms with Crippen molar-refractivity contribution in [3.8, 4) is 0 Å². The molecule has 1 heterocycles. The van der Waals surface area contributed by atoms with Crippen molar-refractivity contribution in [2.45, 2.75) is 19.9 Å². The lowest BCUT2D eigenvalue weighted by atomic mass is 10.1. The maximum atomic E-state index is 6.17. The number of nitrogens with one attached hydrogen (secondary N) is 1. The van der Waals surface area contributed by atoms with Crippen molar-refractivity contribution in [1.29, 1.82) is 0 Å². The summed E-state index contributed by atoms with van der Waals surface area (Å²) in [6, 6.07) is 5.35. The molecule has 1 atom stereocenters. The van der Waals surface area contributed by atoms with E-state index in [1.807, 2.05) is 13.0 Å². The summed E-state index contributed by atoms with van der Waals surface area (Å²) >= 11 is 18.1. The Morgan fingerprint density at radius 1 is 1.16 bits per heavy atom. The summed E-state index contributed by atoms with van der Waals surface area (Å²) in [6.07, 6.45) is 1.57. The highest BCUT2D eigenvalue weighted by molar-refractivity contribution is 6.35. The van der Waals surface area contributed by atoms with Gasteiger partial charge in [-0.2, -0.15) is 0 Å².